The van der Waals surface area contributed by atoms with E-state index in [-0.39, 0.29) is 42.4 Å². The molecule has 0 unspecified atom stereocenters. The molecule has 2 rings (SSSR count). The van der Waals surface area contributed by atoms with Crippen LogP contribution in [-0.4, -0.2) is 31.5 Å². The average Bonchev–Trinajstić information content (AvgIpc) is 2.86. The third kappa shape index (κ3) is 4.73. The number of fused-ring (bicyclic) bond motifs is 1. The maximum atomic E-state index is 12.2. The molecule has 0 aliphatic carbocycles. The van der Waals surface area contributed by atoms with Crippen molar-refractivity contribution in [2.24, 2.45) is 10.7 Å². The number of carbonyl (C=O) groups excluding carboxylic acids is 1. The van der Waals surface area contributed by atoms with E-state index in [1.807, 2.05) is 25.1 Å². The molecule has 0 saturated carbocycles. The Kier molecular flexibility index (Phi) is 6.67. The minimum Gasteiger partial charge on any atom is -0.370 e. The fourth-order valence-corrected chi connectivity index (χ4v) is 2.13. The Morgan fingerprint density at radius 2 is 2.19 bits per heavy atom. The van der Waals surface area contributed by atoms with Crippen molar-refractivity contribution in [3.8, 4) is 0 Å². The summed E-state index contributed by atoms with van der Waals surface area (Å²) in [6.45, 7) is 7.00. The van der Waals surface area contributed by atoms with Crippen LogP contribution in [0.1, 0.15) is 12.5 Å². The van der Waals surface area contributed by atoms with Crippen LogP contribution in [0.4, 0.5) is 5.69 Å². The van der Waals surface area contributed by atoms with Gasteiger partial charge in [-0.3, -0.25) is 4.79 Å². The summed E-state index contributed by atoms with van der Waals surface area (Å²) in [4.78, 5) is 18.0. The number of guanidine groups is 1. The van der Waals surface area contributed by atoms with Gasteiger partial charge in [0.25, 0.3) is 0 Å². The standard InChI is InChI=1S/C15H20N4O.HI/c1-11(2)9-17-15(16)18-10-14(20)19-8-7-12-5-3-4-6-13(12)19;/h3-6H,1,7-10H2,2H3,(H3,16,17,18);1H. The molecule has 0 radical (unpaired) electrons. The molecule has 1 amide bonds. The summed E-state index contributed by atoms with van der Waals surface area (Å²) >= 11 is 0. The van der Waals surface area contributed by atoms with E-state index in [2.05, 4.69) is 23.0 Å². The summed E-state index contributed by atoms with van der Waals surface area (Å²) in [5.74, 6) is 0.240. The van der Waals surface area contributed by atoms with Crippen LogP contribution < -0.4 is 16.0 Å². The van der Waals surface area contributed by atoms with Gasteiger partial charge in [-0.15, -0.1) is 24.0 Å². The van der Waals surface area contributed by atoms with Crippen molar-refractivity contribution in [3.63, 3.8) is 0 Å². The van der Waals surface area contributed by atoms with Gasteiger partial charge in [0.05, 0.1) is 0 Å². The van der Waals surface area contributed by atoms with E-state index in [1.54, 1.807) is 4.90 Å². The minimum absolute atomic E-state index is 0. The number of hydrogen-bond acceptors (Lipinski definition) is 2. The topological polar surface area (TPSA) is 70.7 Å². The first kappa shape index (κ1) is 17.5. The predicted molar refractivity (Wildman–Crippen MR) is 97.2 cm³/mol. The second kappa shape index (κ2) is 8.02. The Labute approximate surface area is 142 Å². The SMILES string of the molecule is C=C(C)CNC(N)=NCC(=O)N1CCc2ccccc21.I. The highest BCUT2D eigenvalue weighted by atomic mass is 127. The molecule has 1 aliphatic heterocycles. The lowest BCUT2D eigenvalue weighted by Crippen LogP contribution is -2.36. The zero-order chi connectivity index (χ0) is 14.5. The number of hydrogen-bond donors (Lipinski definition) is 2. The number of carbonyl (C=O) groups is 1. The van der Waals surface area contributed by atoms with E-state index in [1.165, 1.54) is 5.56 Å². The van der Waals surface area contributed by atoms with E-state index < -0.39 is 0 Å². The second-order valence-corrected chi connectivity index (χ2v) is 4.94. The molecule has 0 spiro atoms. The lowest BCUT2D eigenvalue weighted by atomic mass is 10.2. The Morgan fingerprint density at radius 3 is 2.90 bits per heavy atom. The number of halogens is 1. The number of para-hydroxylation sites is 1. The maximum Gasteiger partial charge on any atom is 0.248 e. The maximum absolute atomic E-state index is 12.2. The smallest absolute Gasteiger partial charge is 0.248 e. The normalized spacial score (nSPS) is 13.4. The van der Waals surface area contributed by atoms with Crippen molar-refractivity contribution in [2.45, 2.75) is 13.3 Å². The first-order chi connectivity index (χ1) is 9.58. The summed E-state index contributed by atoms with van der Waals surface area (Å²) < 4.78 is 0. The van der Waals surface area contributed by atoms with Crippen molar-refractivity contribution in [1.29, 1.82) is 0 Å². The number of rotatable bonds is 4. The molecule has 0 atom stereocenters. The number of nitrogens with two attached hydrogens (primary N) is 1. The van der Waals surface area contributed by atoms with Gasteiger partial charge < -0.3 is 16.0 Å². The Bertz CT molecular complexity index is 556. The fraction of sp³-hybridized carbons (Fsp3) is 0.333. The van der Waals surface area contributed by atoms with E-state index in [0.29, 0.717) is 13.1 Å². The Morgan fingerprint density at radius 1 is 1.48 bits per heavy atom. The van der Waals surface area contributed by atoms with E-state index in [0.717, 1.165) is 17.7 Å². The Hall–Kier alpha value is -1.57. The minimum atomic E-state index is -0.0324. The highest BCUT2D eigenvalue weighted by Crippen LogP contribution is 2.27. The van der Waals surface area contributed by atoms with E-state index in [4.69, 9.17) is 5.73 Å². The van der Waals surface area contributed by atoms with Crippen LogP contribution in [0.3, 0.4) is 0 Å². The molecule has 1 heterocycles. The fourth-order valence-electron chi connectivity index (χ4n) is 2.13. The van der Waals surface area contributed by atoms with Gasteiger partial charge in [0.1, 0.15) is 6.54 Å². The van der Waals surface area contributed by atoms with Crippen LogP contribution in [-0.2, 0) is 11.2 Å². The van der Waals surface area contributed by atoms with Crippen molar-refractivity contribution >= 4 is 41.5 Å². The van der Waals surface area contributed by atoms with Crippen LogP contribution >= 0.6 is 24.0 Å². The van der Waals surface area contributed by atoms with Gasteiger partial charge in [-0.1, -0.05) is 30.4 Å². The molecule has 5 nitrogen and oxygen atoms in total. The molecule has 3 N–H and O–H groups in total. The number of nitrogens with one attached hydrogen (secondary N) is 1. The molecule has 0 saturated heterocycles. The molecule has 1 aromatic rings. The van der Waals surface area contributed by atoms with Crippen LogP contribution in [0, 0.1) is 0 Å². The first-order valence-corrected chi connectivity index (χ1v) is 6.64. The van der Waals surface area contributed by atoms with Crippen molar-refractivity contribution in [2.75, 3.05) is 24.5 Å². The third-order valence-electron chi connectivity index (χ3n) is 3.14. The third-order valence-corrected chi connectivity index (χ3v) is 3.14. The number of aliphatic imine (C=N–C) groups is 1. The molecule has 0 fully saturated rings. The van der Waals surface area contributed by atoms with Crippen LogP contribution in [0.15, 0.2) is 41.4 Å². The predicted octanol–water partition coefficient (Wildman–Crippen LogP) is 1.67. The number of benzene rings is 1. The molecule has 21 heavy (non-hydrogen) atoms. The van der Waals surface area contributed by atoms with Crippen molar-refractivity contribution in [3.05, 3.63) is 42.0 Å². The number of nitrogens with zero attached hydrogens (tertiary/aromatic N) is 2. The van der Waals surface area contributed by atoms with Gasteiger partial charge in [0.15, 0.2) is 5.96 Å². The molecular formula is C15H21IN4O. The second-order valence-electron chi connectivity index (χ2n) is 4.94. The summed E-state index contributed by atoms with van der Waals surface area (Å²) in [5.41, 5.74) is 8.85. The van der Waals surface area contributed by atoms with Crippen LogP contribution in [0.2, 0.25) is 0 Å². The average molecular weight is 400 g/mol. The van der Waals surface area contributed by atoms with Gasteiger partial charge in [-0.25, -0.2) is 4.99 Å². The van der Waals surface area contributed by atoms with Crippen LogP contribution in [0.25, 0.3) is 0 Å². The van der Waals surface area contributed by atoms with Gasteiger partial charge >= 0.3 is 0 Å². The molecule has 6 heteroatoms. The largest absolute Gasteiger partial charge is 0.370 e. The highest BCUT2D eigenvalue weighted by Gasteiger charge is 2.23. The Balaban J connectivity index is 0.00000220. The summed E-state index contributed by atoms with van der Waals surface area (Å²) in [7, 11) is 0. The van der Waals surface area contributed by atoms with Gasteiger partial charge in [0.2, 0.25) is 5.91 Å². The van der Waals surface area contributed by atoms with Gasteiger partial charge in [-0.2, -0.15) is 0 Å². The van der Waals surface area contributed by atoms with E-state index in [9.17, 15) is 4.79 Å². The summed E-state index contributed by atoms with van der Waals surface area (Å²) in [6, 6.07) is 7.95. The molecule has 1 aliphatic rings. The van der Waals surface area contributed by atoms with Crippen molar-refractivity contribution in [1.82, 2.24) is 5.32 Å². The first-order valence-electron chi connectivity index (χ1n) is 6.64. The molecular weight excluding hydrogens is 379 g/mol. The number of anilines is 1. The van der Waals surface area contributed by atoms with Crippen LogP contribution in [0.5, 0.6) is 0 Å². The quantitative estimate of drug-likeness (QED) is 0.350. The molecule has 0 bridgehead atoms. The monoisotopic (exact) mass is 400 g/mol. The lowest BCUT2D eigenvalue weighted by molar-refractivity contribution is -0.117. The van der Waals surface area contributed by atoms with E-state index >= 15 is 0 Å². The summed E-state index contributed by atoms with van der Waals surface area (Å²) in [5, 5.41) is 2.90. The highest BCUT2D eigenvalue weighted by molar-refractivity contribution is 14.0. The van der Waals surface area contributed by atoms with Crippen molar-refractivity contribution < 1.29 is 4.79 Å². The molecule has 114 valence electrons. The molecule has 1 aromatic carbocycles. The summed E-state index contributed by atoms with van der Waals surface area (Å²) in [6.07, 6.45) is 0.898. The van der Waals surface area contributed by atoms with Gasteiger partial charge in [-0.05, 0) is 25.0 Å². The number of amides is 1. The molecule has 0 aromatic heterocycles. The van der Waals surface area contributed by atoms with Gasteiger partial charge in [0, 0.05) is 18.8 Å². The lowest BCUT2D eigenvalue weighted by Gasteiger charge is -2.16. The zero-order valence-electron chi connectivity index (χ0n) is 12.1. The zero-order valence-corrected chi connectivity index (χ0v) is 14.5.